The molecule has 1 heterocycles. The van der Waals surface area contributed by atoms with Crippen molar-refractivity contribution >= 4 is 5.91 Å². The maximum Gasteiger partial charge on any atom is 0.223 e. The Morgan fingerprint density at radius 3 is 2.36 bits per heavy atom. The molecular weight excluding hydrogens is 282 g/mol. The van der Waals surface area contributed by atoms with Crippen LogP contribution in [0.4, 0.5) is 0 Å². The fourth-order valence-corrected chi connectivity index (χ4v) is 4.54. The van der Waals surface area contributed by atoms with Gasteiger partial charge in [-0.15, -0.1) is 0 Å². The zero-order valence-corrected chi connectivity index (χ0v) is 13.2. The molecule has 4 atom stereocenters. The second-order valence-corrected chi connectivity index (χ2v) is 7.28. The van der Waals surface area contributed by atoms with Crippen molar-refractivity contribution in [3.63, 3.8) is 0 Å². The van der Waals surface area contributed by atoms with Crippen LogP contribution in [0.2, 0.25) is 0 Å². The third-order valence-electron chi connectivity index (χ3n) is 5.89. The van der Waals surface area contributed by atoms with E-state index in [2.05, 4.69) is 5.32 Å². The summed E-state index contributed by atoms with van der Waals surface area (Å²) < 4.78 is 5.30. The van der Waals surface area contributed by atoms with Gasteiger partial charge in [-0.3, -0.25) is 4.79 Å². The fourth-order valence-electron chi connectivity index (χ4n) is 4.54. The first-order valence-corrected chi connectivity index (χ1v) is 8.91. The molecule has 2 aliphatic carbocycles. The summed E-state index contributed by atoms with van der Waals surface area (Å²) in [5, 5.41) is 23.5. The van der Waals surface area contributed by atoms with Gasteiger partial charge in [0.05, 0.1) is 12.1 Å². The highest BCUT2D eigenvalue weighted by molar-refractivity contribution is 5.79. The molecule has 5 nitrogen and oxygen atoms in total. The molecule has 22 heavy (non-hydrogen) atoms. The Labute approximate surface area is 132 Å². The van der Waals surface area contributed by atoms with Crippen LogP contribution >= 0.6 is 0 Å². The zero-order valence-electron chi connectivity index (χ0n) is 13.2. The smallest absolute Gasteiger partial charge is 0.223 e. The summed E-state index contributed by atoms with van der Waals surface area (Å²) in [5.41, 5.74) is 0. The summed E-state index contributed by atoms with van der Waals surface area (Å²) in [7, 11) is 0. The highest BCUT2D eigenvalue weighted by atomic mass is 16.5. The Kier molecular flexibility index (Phi) is 5.37. The Hall–Kier alpha value is -0.650. The lowest BCUT2D eigenvalue weighted by atomic mass is 9.77. The number of aliphatic hydroxyl groups is 2. The van der Waals surface area contributed by atoms with Crippen molar-refractivity contribution in [3.8, 4) is 0 Å². The third-order valence-corrected chi connectivity index (χ3v) is 5.89. The van der Waals surface area contributed by atoms with Crippen molar-refractivity contribution in [2.75, 3.05) is 13.2 Å². The second kappa shape index (κ2) is 7.28. The molecule has 5 heteroatoms. The second-order valence-electron chi connectivity index (χ2n) is 7.28. The number of carbonyl (C=O) groups excluding carboxylic acids is 1. The summed E-state index contributed by atoms with van der Waals surface area (Å²) in [5.74, 6) is 0.766. The van der Waals surface area contributed by atoms with E-state index in [1.165, 1.54) is 19.3 Å². The van der Waals surface area contributed by atoms with E-state index in [9.17, 15) is 15.0 Å². The standard InChI is InChI=1S/C17H29NO4/c19-14-10-13(11-4-2-1-3-5-11)15(16(14)20)18-17(21)12-6-8-22-9-7-12/h11-16,19-20H,1-10H2,(H,18,21)/t13-,14-,15-,16-/m1/s1. The van der Waals surface area contributed by atoms with Crippen LogP contribution < -0.4 is 5.32 Å². The maximum atomic E-state index is 12.5. The summed E-state index contributed by atoms with van der Waals surface area (Å²) in [6.07, 6.45) is 6.67. The molecule has 0 bridgehead atoms. The van der Waals surface area contributed by atoms with Crippen LogP contribution in [0.5, 0.6) is 0 Å². The Bertz CT molecular complexity index is 377. The van der Waals surface area contributed by atoms with Gasteiger partial charge >= 0.3 is 0 Å². The summed E-state index contributed by atoms with van der Waals surface area (Å²) >= 11 is 0. The van der Waals surface area contributed by atoms with Gasteiger partial charge in [0, 0.05) is 19.1 Å². The number of hydrogen-bond acceptors (Lipinski definition) is 4. The van der Waals surface area contributed by atoms with E-state index >= 15 is 0 Å². The molecule has 1 aliphatic heterocycles. The summed E-state index contributed by atoms with van der Waals surface area (Å²) in [4.78, 5) is 12.5. The molecule has 0 aromatic rings. The first-order valence-electron chi connectivity index (χ1n) is 8.91. The molecule has 3 rings (SSSR count). The van der Waals surface area contributed by atoms with E-state index in [1.807, 2.05) is 0 Å². The molecule has 0 unspecified atom stereocenters. The largest absolute Gasteiger partial charge is 0.390 e. The van der Waals surface area contributed by atoms with Gasteiger partial charge < -0.3 is 20.3 Å². The molecule has 3 N–H and O–H groups in total. The molecule has 126 valence electrons. The third kappa shape index (κ3) is 3.47. The van der Waals surface area contributed by atoms with Crippen LogP contribution in [-0.4, -0.2) is 47.6 Å². The van der Waals surface area contributed by atoms with E-state index in [0.29, 0.717) is 25.6 Å². The molecule has 1 saturated heterocycles. The van der Waals surface area contributed by atoms with Crippen molar-refractivity contribution in [2.24, 2.45) is 17.8 Å². The number of rotatable bonds is 3. The average molecular weight is 311 g/mol. The minimum atomic E-state index is -0.823. The van der Waals surface area contributed by atoms with Gasteiger partial charge in [0.1, 0.15) is 6.10 Å². The summed E-state index contributed by atoms with van der Waals surface area (Å²) in [6, 6.07) is -0.284. The van der Waals surface area contributed by atoms with Gasteiger partial charge in [0.25, 0.3) is 0 Å². The van der Waals surface area contributed by atoms with Gasteiger partial charge in [-0.1, -0.05) is 32.1 Å². The highest BCUT2D eigenvalue weighted by Crippen LogP contribution is 2.40. The van der Waals surface area contributed by atoms with Gasteiger partial charge in [0.2, 0.25) is 5.91 Å². The number of hydrogen-bond donors (Lipinski definition) is 3. The van der Waals surface area contributed by atoms with Crippen LogP contribution in [0.25, 0.3) is 0 Å². The molecule has 3 aliphatic rings. The van der Waals surface area contributed by atoms with Gasteiger partial charge in [-0.25, -0.2) is 0 Å². The van der Waals surface area contributed by atoms with Gasteiger partial charge in [-0.2, -0.15) is 0 Å². The molecule has 3 fully saturated rings. The SMILES string of the molecule is O=C(N[C@H]1[C@H](O)[C@H](O)C[C@@H]1C1CCCCC1)C1CCOCC1. The average Bonchev–Trinajstić information content (AvgIpc) is 2.85. The Morgan fingerprint density at radius 1 is 1.00 bits per heavy atom. The molecule has 0 aromatic carbocycles. The maximum absolute atomic E-state index is 12.5. The number of amides is 1. The Morgan fingerprint density at radius 2 is 1.68 bits per heavy atom. The number of aliphatic hydroxyl groups excluding tert-OH is 2. The molecular formula is C17H29NO4. The van der Waals surface area contributed by atoms with E-state index in [-0.39, 0.29) is 23.8 Å². The van der Waals surface area contributed by atoms with Crippen LogP contribution in [0, 0.1) is 17.8 Å². The summed E-state index contributed by atoms with van der Waals surface area (Å²) in [6.45, 7) is 1.28. The van der Waals surface area contributed by atoms with E-state index in [0.717, 1.165) is 25.7 Å². The highest BCUT2D eigenvalue weighted by Gasteiger charge is 2.46. The van der Waals surface area contributed by atoms with Crippen molar-refractivity contribution < 1.29 is 19.7 Å². The van der Waals surface area contributed by atoms with Crippen LogP contribution in [-0.2, 0) is 9.53 Å². The molecule has 0 radical (unpaired) electrons. The normalized spacial score (nSPS) is 38.1. The quantitative estimate of drug-likeness (QED) is 0.732. The van der Waals surface area contributed by atoms with Gasteiger partial charge in [0.15, 0.2) is 0 Å². The van der Waals surface area contributed by atoms with Gasteiger partial charge in [-0.05, 0) is 31.1 Å². The van der Waals surface area contributed by atoms with Crippen molar-refractivity contribution in [1.82, 2.24) is 5.32 Å². The first kappa shape index (κ1) is 16.2. The predicted molar refractivity (Wildman–Crippen MR) is 82.2 cm³/mol. The number of nitrogens with one attached hydrogen (secondary N) is 1. The molecule has 0 aromatic heterocycles. The lowest BCUT2D eigenvalue weighted by molar-refractivity contribution is -0.130. The van der Waals surface area contributed by atoms with Crippen LogP contribution in [0.3, 0.4) is 0 Å². The first-order chi connectivity index (χ1) is 10.7. The van der Waals surface area contributed by atoms with E-state index < -0.39 is 12.2 Å². The predicted octanol–water partition coefficient (Wildman–Crippen LogP) is 1.22. The van der Waals surface area contributed by atoms with Crippen molar-refractivity contribution in [1.29, 1.82) is 0 Å². The van der Waals surface area contributed by atoms with E-state index in [4.69, 9.17) is 4.74 Å². The van der Waals surface area contributed by atoms with Crippen LogP contribution in [0.15, 0.2) is 0 Å². The van der Waals surface area contributed by atoms with Crippen molar-refractivity contribution in [2.45, 2.75) is 69.6 Å². The number of ether oxygens (including phenoxy) is 1. The minimum absolute atomic E-state index is 0.00861. The topological polar surface area (TPSA) is 78.8 Å². The fraction of sp³-hybridized carbons (Fsp3) is 0.941. The molecule has 0 spiro atoms. The van der Waals surface area contributed by atoms with Crippen molar-refractivity contribution in [3.05, 3.63) is 0 Å². The van der Waals surface area contributed by atoms with E-state index in [1.54, 1.807) is 0 Å². The minimum Gasteiger partial charge on any atom is -0.390 e. The molecule has 1 amide bonds. The lowest BCUT2D eigenvalue weighted by Crippen LogP contribution is -2.50. The Balaban J connectivity index is 1.63. The van der Waals surface area contributed by atoms with Crippen LogP contribution in [0.1, 0.15) is 51.4 Å². The zero-order chi connectivity index (χ0) is 15.5. The monoisotopic (exact) mass is 311 g/mol. The molecule has 2 saturated carbocycles. The number of carbonyl (C=O) groups is 1. The lowest BCUT2D eigenvalue weighted by Gasteiger charge is -2.33.